The van der Waals surface area contributed by atoms with E-state index in [-0.39, 0.29) is 6.10 Å². The Morgan fingerprint density at radius 3 is 2.79 bits per heavy atom. The zero-order valence-electron chi connectivity index (χ0n) is 9.08. The summed E-state index contributed by atoms with van der Waals surface area (Å²) in [5, 5.41) is 19.0. The third-order valence-corrected chi connectivity index (χ3v) is 4.76. The van der Waals surface area contributed by atoms with Gasteiger partial charge in [0.25, 0.3) is 0 Å². The first-order valence-electron chi connectivity index (χ1n) is 5.97. The molecule has 2 N–H and O–H groups in total. The van der Waals surface area contributed by atoms with Crippen molar-refractivity contribution in [3.05, 3.63) is 0 Å². The fraction of sp³-hybridized carbons (Fsp3) is 1.00. The molecule has 14 heavy (non-hydrogen) atoms. The average Bonchev–Trinajstić information content (AvgIpc) is 2.46. The second kappa shape index (κ2) is 3.82. The van der Waals surface area contributed by atoms with E-state index in [4.69, 9.17) is 5.11 Å². The summed E-state index contributed by atoms with van der Waals surface area (Å²) in [6.45, 7) is 2.64. The number of fused-ring (bicyclic) bond motifs is 1. The van der Waals surface area contributed by atoms with E-state index in [0.29, 0.717) is 23.9 Å². The number of hydrogen-bond acceptors (Lipinski definition) is 2. The lowest BCUT2D eigenvalue weighted by Gasteiger charge is -2.43. The zero-order chi connectivity index (χ0) is 10.2. The molecule has 2 rings (SSSR count). The van der Waals surface area contributed by atoms with Crippen molar-refractivity contribution in [2.24, 2.45) is 17.3 Å². The van der Waals surface area contributed by atoms with Gasteiger partial charge in [0.15, 0.2) is 0 Å². The fourth-order valence-corrected chi connectivity index (χ4v) is 3.89. The van der Waals surface area contributed by atoms with Crippen LogP contribution in [0.4, 0.5) is 0 Å². The number of aliphatic hydroxyl groups excluding tert-OH is 2. The minimum absolute atomic E-state index is 0.0718. The van der Waals surface area contributed by atoms with E-state index in [2.05, 4.69) is 6.92 Å². The highest BCUT2D eigenvalue weighted by molar-refractivity contribution is 5.00. The summed E-state index contributed by atoms with van der Waals surface area (Å²) < 4.78 is 0. The van der Waals surface area contributed by atoms with Crippen molar-refractivity contribution in [2.45, 2.75) is 51.6 Å². The predicted molar refractivity (Wildman–Crippen MR) is 55.9 cm³/mol. The second-order valence-corrected chi connectivity index (χ2v) is 5.36. The Labute approximate surface area is 86.3 Å². The van der Waals surface area contributed by atoms with Gasteiger partial charge < -0.3 is 10.2 Å². The molecule has 4 atom stereocenters. The van der Waals surface area contributed by atoms with Crippen molar-refractivity contribution in [3.8, 4) is 0 Å². The lowest BCUT2D eigenvalue weighted by Crippen LogP contribution is -2.39. The number of rotatable bonds is 2. The SMILES string of the molecule is CC12CCCC(O)C1CCC2CCO. The maximum absolute atomic E-state index is 9.97. The van der Waals surface area contributed by atoms with Crippen molar-refractivity contribution in [3.63, 3.8) is 0 Å². The Morgan fingerprint density at radius 1 is 1.29 bits per heavy atom. The van der Waals surface area contributed by atoms with E-state index >= 15 is 0 Å². The molecule has 2 nitrogen and oxygen atoms in total. The minimum Gasteiger partial charge on any atom is -0.396 e. The Bertz CT molecular complexity index is 204. The molecule has 2 saturated carbocycles. The molecule has 0 radical (unpaired) electrons. The van der Waals surface area contributed by atoms with Crippen LogP contribution in [0.5, 0.6) is 0 Å². The highest BCUT2D eigenvalue weighted by Gasteiger charge is 2.50. The standard InChI is InChI=1S/C12H22O2/c1-12-7-2-3-11(14)10(12)5-4-9(12)6-8-13/h9-11,13-14H,2-8H2,1H3. The highest BCUT2D eigenvalue weighted by atomic mass is 16.3. The van der Waals surface area contributed by atoms with Crippen LogP contribution in [0.3, 0.4) is 0 Å². The second-order valence-electron chi connectivity index (χ2n) is 5.36. The largest absolute Gasteiger partial charge is 0.396 e. The summed E-state index contributed by atoms with van der Waals surface area (Å²) in [6, 6.07) is 0. The molecule has 0 aliphatic heterocycles. The normalized spacial score (nSPS) is 47.8. The third kappa shape index (κ3) is 1.49. The maximum atomic E-state index is 9.97. The van der Waals surface area contributed by atoms with Gasteiger partial charge in [0, 0.05) is 6.61 Å². The van der Waals surface area contributed by atoms with Gasteiger partial charge in [0.1, 0.15) is 0 Å². The molecule has 0 bridgehead atoms. The van der Waals surface area contributed by atoms with Gasteiger partial charge >= 0.3 is 0 Å². The molecule has 2 aliphatic rings. The molecule has 2 fully saturated rings. The van der Waals surface area contributed by atoms with Gasteiger partial charge in [-0.05, 0) is 49.4 Å². The van der Waals surface area contributed by atoms with Crippen LogP contribution in [0.25, 0.3) is 0 Å². The van der Waals surface area contributed by atoms with Crippen LogP contribution in [-0.4, -0.2) is 22.9 Å². The molecular weight excluding hydrogens is 176 g/mol. The smallest absolute Gasteiger partial charge is 0.0573 e. The van der Waals surface area contributed by atoms with Gasteiger partial charge in [-0.2, -0.15) is 0 Å². The molecule has 0 amide bonds. The first-order valence-corrected chi connectivity index (χ1v) is 5.97. The predicted octanol–water partition coefficient (Wildman–Crippen LogP) is 1.95. The van der Waals surface area contributed by atoms with E-state index in [1.807, 2.05) is 0 Å². The monoisotopic (exact) mass is 198 g/mol. The van der Waals surface area contributed by atoms with E-state index in [9.17, 15) is 5.11 Å². The number of hydrogen-bond donors (Lipinski definition) is 2. The quantitative estimate of drug-likeness (QED) is 0.712. The lowest BCUT2D eigenvalue weighted by atomic mass is 9.64. The summed E-state index contributed by atoms with van der Waals surface area (Å²) in [5.41, 5.74) is 0.320. The van der Waals surface area contributed by atoms with Gasteiger partial charge in [-0.1, -0.05) is 13.3 Å². The Kier molecular flexibility index (Phi) is 2.85. The Balaban J connectivity index is 2.12. The number of aliphatic hydroxyl groups is 2. The van der Waals surface area contributed by atoms with Crippen LogP contribution < -0.4 is 0 Å². The van der Waals surface area contributed by atoms with Crippen molar-refractivity contribution in [1.82, 2.24) is 0 Å². The van der Waals surface area contributed by atoms with E-state index in [1.165, 1.54) is 19.3 Å². The molecule has 82 valence electrons. The van der Waals surface area contributed by atoms with E-state index in [0.717, 1.165) is 19.3 Å². The van der Waals surface area contributed by atoms with Crippen LogP contribution in [-0.2, 0) is 0 Å². The fourth-order valence-electron chi connectivity index (χ4n) is 3.89. The molecule has 0 spiro atoms. The van der Waals surface area contributed by atoms with E-state index in [1.54, 1.807) is 0 Å². The van der Waals surface area contributed by atoms with Crippen molar-refractivity contribution >= 4 is 0 Å². The van der Waals surface area contributed by atoms with Gasteiger partial charge in [-0.25, -0.2) is 0 Å². The highest BCUT2D eigenvalue weighted by Crippen LogP contribution is 2.56. The Hall–Kier alpha value is -0.0800. The van der Waals surface area contributed by atoms with Crippen LogP contribution in [0.15, 0.2) is 0 Å². The molecule has 0 aromatic heterocycles. The molecule has 0 aromatic carbocycles. The Morgan fingerprint density at radius 2 is 2.07 bits per heavy atom. The third-order valence-electron chi connectivity index (χ3n) is 4.76. The summed E-state index contributed by atoms with van der Waals surface area (Å²) >= 11 is 0. The van der Waals surface area contributed by atoms with Crippen LogP contribution >= 0.6 is 0 Å². The van der Waals surface area contributed by atoms with Crippen LogP contribution in [0.2, 0.25) is 0 Å². The van der Waals surface area contributed by atoms with Crippen LogP contribution in [0, 0.1) is 17.3 Å². The molecule has 2 aliphatic carbocycles. The van der Waals surface area contributed by atoms with Crippen molar-refractivity contribution in [2.75, 3.05) is 6.61 Å². The topological polar surface area (TPSA) is 40.5 Å². The van der Waals surface area contributed by atoms with Gasteiger partial charge in [-0.15, -0.1) is 0 Å². The maximum Gasteiger partial charge on any atom is 0.0573 e. The van der Waals surface area contributed by atoms with Gasteiger partial charge in [0.2, 0.25) is 0 Å². The minimum atomic E-state index is -0.0718. The van der Waals surface area contributed by atoms with Gasteiger partial charge in [-0.3, -0.25) is 0 Å². The van der Waals surface area contributed by atoms with E-state index < -0.39 is 0 Å². The molecule has 4 unspecified atom stereocenters. The molecule has 0 heterocycles. The summed E-state index contributed by atoms with van der Waals surface area (Å²) in [4.78, 5) is 0. The first-order chi connectivity index (χ1) is 6.68. The van der Waals surface area contributed by atoms with Gasteiger partial charge in [0.05, 0.1) is 6.10 Å². The molecule has 0 aromatic rings. The average molecular weight is 198 g/mol. The summed E-state index contributed by atoms with van der Waals surface area (Å²) in [5.74, 6) is 1.15. The van der Waals surface area contributed by atoms with Crippen molar-refractivity contribution in [1.29, 1.82) is 0 Å². The summed E-state index contributed by atoms with van der Waals surface area (Å²) in [6.07, 6.45) is 6.64. The molecule has 2 heteroatoms. The first kappa shape index (κ1) is 10.4. The molecule has 0 saturated heterocycles. The lowest BCUT2D eigenvalue weighted by molar-refractivity contribution is -0.0207. The zero-order valence-corrected chi connectivity index (χ0v) is 9.08. The van der Waals surface area contributed by atoms with Crippen molar-refractivity contribution < 1.29 is 10.2 Å². The molecular formula is C12H22O2. The van der Waals surface area contributed by atoms with Crippen LogP contribution in [0.1, 0.15) is 45.4 Å². The summed E-state index contributed by atoms with van der Waals surface area (Å²) in [7, 11) is 0.